The second-order valence-electron chi connectivity index (χ2n) is 5.16. The summed E-state index contributed by atoms with van der Waals surface area (Å²) >= 11 is 6.19. The molecule has 0 bridgehead atoms. The Kier molecular flexibility index (Phi) is 6.02. The van der Waals surface area contributed by atoms with Crippen molar-refractivity contribution in [2.24, 2.45) is 5.73 Å². The Hall–Kier alpha value is -1.11. The molecule has 1 aromatic rings. The molecular formula is C14H23ClN4O2. The van der Waals surface area contributed by atoms with Crippen LogP contribution in [0.4, 0.5) is 5.69 Å². The Balaban J connectivity index is 1.96. The van der Waals surface area contributed by atoms with Crippen molar-refractivity contribution in [3.63, 3.8) is 0 Å². The number of aromatic nitrogens is 2. The number of aryl methyl sites for hydroxylation is 1. The fraction of sp³-hybridized carbons (Fsp3) is 0.714. The smallest absolute Gasteiger partial charge is 0.287 e. The topological polar surface area (TPSA) is 73.4 Å². The zero-order valence-corrected chi connectivity index (χ0v) is 13.2. The molecule has 1 aliphatic heterocycles. The predicted molar refractivity (Wildman–Crippen MR) is 84.0 cm³/mol. The summed E-state index contributed by atoms with van der Waals surface area (Å²) in [6, 6.07) is 0. The lowest BCUT2D eigenvalue weighted by molar-refractivity contribution is 0.0366. The van der Waals surface area contributed by atoms with E-state index in [1.54, 1.807) is 6.20 Å². The number of hydrogen-bond donors (Lipinski definition) is 1. The van der Waals surface area contributed by atoms with Crippen molar-refractivity contribution >= 4 is 17.3 Å². The maximum Gasteiger partial charge on any atom is 0.287 e. The standard InChI is InChI=1S/C14H23ClN4O2/c1-2-19-14(20)13(15)12(10-17-19)18-7-4-11(5-8-18)21-9-3-6-16/h10-11H,2-9,16H2,1H3. The molecule has 7 heteroatoms. The van der Waals surface area contributed by atoms with E-state index in [1.165, 1.54) is 4.68 Å². The molecule has 0 amide bonds. The van der Waals surface area contributed by atoms with Gasteiger partial charge in [0.25, 0.3) is 5.56 Å². The zero-order valence-electron chi connectivity index (χ0n) is 12.4. The SMILES string of the molecule is CCn1ncc(N2CCC(OCCCN)CC2)c(Cl)c1=O. The molecule has 1 aliphatic rings. The number of nitrogens with zero attached hydrogens (tertiary/aromatic N) is 3. The fourth-order valence-corrected chi connectivity index (χ4v) is 2.76. The van der Waals surface area contributed by atoms with Gasteiger partial charge in [0.05, 0.1) is 18.0 Å². The van der Waals surface area contributed by atoms with Crippen molar-refractivity contribution < 1.29 is 4.74 Å². The molecule has 0 spiro atoms. The molecule has 6 nitrogen and oxygen atoms in total. The molecule has 118 valence electrons. The van der Waals surface area contributed by atoms with Crippen LogP contribution in [-0.4, -0.2) is 42.1 Å². The van der Waals surface area contributed by atoms with Crippen LogP contribution >= 0.6 is 11.6 Å². The molecule has 1 saturated heterocycles. The fourth-order valence-electron chi connectivity index (χ4n) is 2.50. The van der Waals surface area contributed by atoms with Gasteiger partial charge in [0.15, 0.2) is 0 Å². The number of piperidine rings is 1. The van der Waals surface area contributed by atoms with Crippen LogP contribution in [0.1, 0.15) is 26.2 Å². The third-order valence-electron chi connectivity index (χ3n) is 3.75. The molecular weight excluding hydrogens is 292 g/mol. The second kappa shape index (κ2) is 7.77. The molecule has 0 unspecified atom stereocenters. The van der Waals surface area contributed by atoms with Crippen molar-refractivity contribution in [3.8, 4) is 0 Å². The zero-order chi connectivity index (χ0) is 15.2. The van der Waals surface area contributed by atoms with E-state index in [0.29, 0.717) is 13.1 Å². The summed E-state index contributed by atoms with van der Waals surface area (Å²) in [7, 11) is 0. The van der Waals surface area contributed by atoms with E-state index in [-0.39, 0.29) is 16.7 Å². The number of ether oxygens (including phenoxy) is 1. The summed E-state index contributed by atoms with van der Waals surface area (Å²) in [5.74, 6) is 0. The van der Waals surface area contributed by atoms with Gasteiger partial charge in [-0.1, -0.05) is 11.6 Å². The Bertz CT molecular complexity index is 512. The maximum absolute atomic E-state index is 12.0. The second-order valence-corrected chi connectivity index (χ2v) is 5.54. The van der Waals surface area contributed by atoms with E-state index in [1.807, 2.05) is 6.92 Å². The molecule has 21 heavy (non-hydrogen) atoms. The van der Waals surface area contributed by atoms with E-state index >= 15 is 0 Å². The minimum Gasteiger partial charge on any atom is -0.378 e. The number of halogens is 1. The minimum absolute atomic E-state index is 0.224. The van der Waals surface area contributed by atoms with Crippen molar-refractivity contribution in [1.29, 1.82) is 0 Å². The maximum atomic E-state index is 12.0. The van der Waals surface area contributed by atoms with Crippen molar-refractivity contribution in [1.82, 2.24) is 9.78 Å². The van der Waals surface area contributed by atoms with Gasteiger partial charge in [0, 0.05) is 26.2 Å². The monoisotopic (exact) mass is 314 g/mol. The molecule has 0 aliphatic carbocycles. The first-order valence-electron chi connectivity index (χ1n) is 7.49. The Morgan fingerprint density at radius 3 is 2.81 bits per heavy atom. The average Bonchev–Trinajstić information content (AvgIpc) is 2.51. The van der Waals surface area contributed by atoms with Gasteiger partial charge in [-0.25, -0.2) is 4.68 Å². The molecule has 1 fully saturated rings. The highest BCUT2D eigenvalue weighted by molar-refractivity contribution is 6.33. The van der Waals surface area contributed by atoms with E-state index < -0.39 is 0 Å². The predicted octanol–water partition coefficient (Wildman–Crippen LogP) is 1.25. The van der Waals surface area contributed by atoms with Crippen LogP contribution in [-0.2, 0) is 11.3 Å². The number of nitrogens with two attached hydrogens (primary N) is 1. The molecule has 0 atom stereocenters. The molecule has 2 N–H and O–H groups in total. The average molecular weight is 315 g/mol. The highest BCUT2D eigenvalue weighted by atomic mass is 35.5. The van der Waals surface area contributed by atoms with Gasteiger partial charge in [-0.05, 0) is 32.7 Å². The highest BCUT2D eigenvalue weighted by Crippen LogP contribution is 2.25. The molecule has 2 heterocycles. The molecule has 0 aromatic carbocycles. The molecule has 0 saturated carbocycles. The first-order chi connectivity index (χ1) is 10.2. The summed E-state index contributed by atoms with van der Waals surface area (Å²) in [6.45, 7) is 5.42. The third kappa shape index (κ3) is 3.96. The van der Waals surface area contributed by atoms with Crippen LogP contribution in [0.25, 0.3) is 0 Å². The Labute approximate surface area is 129 Å². The number of rotatable bonds is 6. The summed E-state index contributed by atoms with van der Waals surface area (Å²) in [6.07, 6.45) is 4.71. The van der Waals surface area contributed by atoms with Crippen molar-refractivity contribution in [2.75, 3.05) is 31.1 Å². The van der Waals surface area contributed by atoms with E-state index in [0.717, 1.165) is 44.6 Å². The summed E-state index contributed by atoms with van der Waals surface area (Å²) in [5, 5.41) is 4.40. The molecule has 1 aromatic heterocycles. The van der Waals surface area contributed by atoms with Crippen LogP contribution in [0.2, 0.25) is 5.02 Å². The first kappa shape index (κ1) is 16.3. The summed E-state index contributed by atoms with van der Waals surface area (Å²) in [4.78, 5) is 14.1. The normalized spacial score (nSPS) is 16.4. The van der Waals surface area contributed by atoms with Gasteiger partial charge in [-0.2, -0.15) is 5.10 Å². The lowest BCUT2D eigenvalue weighted by Crippen LogP contribution is -2.38. The highest BCUT2D eigenvalue weighted by Gasteiger charge is 2.22. The first-order valence-corrected chi connectivity index (χ1v) is 7.87. The van der Waals surface area contributed by atoms with Gasteiger partial charge in [0.2, 0.25) is 0 Å². The van der Waals surface area contributed by atoms with Gasteiger partial charge in [0.1, 0.15) is 5.02 Å². The van der Waals surface area contributed by atoms with Crippen LogP contribution < -0.4 is 16.2 Å². The number of anilines is 1. The molecule has 2 rings (SSSR count). The Morgan fingerprint density at radius 1 is 1.48 bits per heavy atom. The van der Waals surface area contributed by atoms with Gasteiger partial charge >= 0.3 is 0 Å². The minimum atomic E-state index is -0.224. The van der Waals surface area contributed by atoms with Crippen molar-refractivity contribution in [2.45, 2.75) is 38.8 Å². The molecule has 0 radical (unpaired) electrons. The lowest BCUT2D eigenvalue weighted by atomic mass is 10.1. The van der Waals surface area contributed by atoms with E-state index in [2.05, 4.69) is 10.00 Å². The Morgan fingerprint density at radius 2 is 2.19 bits per heavy atom. The van der Waals surface area contributed by atoms with Gasteiger partial charge in [-0.3, -0.25) is 4.79 Å². The van der Waals surface area contributed by atoms with Gasteiger partial charge in [-0.15, -0.1) is 0 Å². The van der Waals surface area contributed by atoms with Crippen LogP contribution in [0.15, 0.2) is 11.0 Å². The largest absolute Gasteiger partial charge is 0.378 e. The quantitative estimate of drug-likeness (QED) is 0.800. The van der Waals surface area contributed by atoms with Gasteiger partial charge < -0.3 is 15.4 Å². The third-order valence-corrected chi connectivity index (χ3v) is 4.11. The van der Waals surface area contributed by atoms with Crippen LogP contribution in [0.5, 0.6) is 0 Å². The summed E-state index contributed by atoms with van der Waals surface area (Å²) < 4.78 is 7.15. The van der Waals surface area contributed by atoms with E-state index in [9.17, 15) is 4.79 Å². The van der Waals surface area contributed by atoms with E-state index in [4.69, 9.17) is 22.1 Å². The van der Waals surface area contributed by atoms with Crippen LogP contribution in [0.3, 0.4) is 0 Å². The van der Waals surface area contributed by atoms with Crippen molar-refractivity contribution in [3.05, 3.63) is 21.6 Å². The lowest BCUT2D eigenvalue weighted by Gasteiger charge is -2.33. The summed E-state index contributed by atoms with van der Waals surface area (Å²) in [5.41, 5.74) is 5.96. The van der Waals surface area contributed by atoms with Crippen LogP contribution in [0, 0.1) is 0 Å². The number of hydrogen-bond acceptors (Lipinski definition) is 5.